The smallest absolute Gasteiger partial charge is 0.316 e. The Bertz CT molecular complexity index is 555. The summed E-state index contributed by atoms with van der Waals surface area (Å²) in [5, 5.41) is 8.33. The van der Waals surface area contributed by atoms with E-state index in [0.717, 1.165) is 0 Å². The number of oxazole rings is 1. The molecule has 0 bridgehead atoms. The van der Waals surface area contributed by atoms with E-state index in [-0.39, 0.29) is 24.0 Å². The summed E-state index contributed by atoms with van der Waals surface area (Å²) >= 11 is 0. The van der Waals surface area contributed by atoms with Gasteiger partial charge in [-0.2, -0.15) is 4.98 Å². The van der Waals surface area contributed by atoms with Gasteiger partial charge in [-0.15, -0.1) is 0 Å². The van der Waals surface area contributed by atoms with Gasteiger partial charge in [-0.25, -0.2) is 8.42 Å². The third-order valence-electron chi connectivity index (χ3n) is 2.11. The minimum Gasteiger partial charge on any atom is -0.428 e. The minimum atomic E-state index is -3.52. The molecule has 1 aromatic carbocycles. The molecule has 86 valence electrons. The molecule has 0 aliphatic rings. The topological polar surface area (TPSA) is 80.4 Å². The van der Waals surface area contributed by atoms with Crippen LogP contribution in [0, 0.1) is 0 Å². The number of para-hydroxylation sites is 2. The van der Waals surface area contributed by atoms with Crippen LogP contribution in [-0.4, -0.2) is 30.9 Å². The van der Waals surface area contributed by atoms with Crippen molar-refractivity contribution in [2.24, 2.45) is 0 Å². The molecule has 0 spiro atoms. The summed E-state index contributed by atoms with van der Waals surface area (Å²) in [6, 6.07) is 6.85. The van der Waals surface area contributed by atoms with Crippen molar-refractivity contribution < 1.29 is 17.9 Å². The number of aliphatic hydroxyl groups is 1. The average Bonchev–Trinajstić information content (AvgIpc) is 2.71. The molecule has 0 fully saturated rings. The standard InChI is InChI=1S/C10H11NO4S/c12-6-3-7-16(13,14)10-11-8-4-1-2-5-9(8)15-10/h1-2,4-5,12H,3,6-7H2. The average molecular weight is 241 g/mol. The summed E-state index contributed by atoms with van der Waals surface area (Å²) < 4.78 is 28.5. The van der Waals surface area contributed by atoms with Crippen LogP contribution in [0.25, 0.3) is 11.1 Å². The van der Waals surface area contributed by atoms with Crippen LogP contribution < -0.4 is 0 Å². The highest BCUT2D eigenvalue weighted by Crippen LogP contribution is 2.19. The Labute approximate surface area is 92.6 Å². The predicted octanol–water partition coefficient (Wildman–Crippen LogP) is 0.984. The maximum absolute atomic E-state index is 11.7. The van der Waals surface area contributed by atoms with Gasteiger partial charge in [0.2, 0.25) is 9.84 Å². The number of hydrogen-bond acceptors (Lipinski definition) is 5. The second-order valence-corrected chi connectivity index (χ2v) is 5.33. The monoisotopic (exact) mass is 241 g/mol. The van der Waals surface area contributed by atoms with E-state index in [0.29, 0.717) is 11.1 Å². The fraction of sp³-hybridized carbons (Fsp3) is 0.300. The largest absolute Gasteiger partial charge is 0.428 e. The Morgan fingerprint density at radius 2 is 2.06 bits per heavy atom. The molecule has 1 aromatic heterocycles. The van der Waals surface area contributed by atoms with Crippen molar-refractivity contribution in [3.63, 3.8) is 0 Å². The molecule has 16 heavy (non-hydrogen) atoms. The van der Waals surface area contributed by atoms with Gasteiger partial charge in [0.25, 0.3) is 0 Å². The molecule has 2 rings (SSSR count). The molecule has 1 N–H and O–H groups in total. The summed E-state index contributed by atoms with van der Waals surface area (Å²) in [5.74, 6) is -0.156. The second-order valence-electron chi connectivity index (χ2n) is 3.34. The maximum Gasteiger partial charge on any atom is 0.316 e. The molecular weight excluding hydrogens is 230 g/mol. The highest BCUT2D eigenvalue weighted by Gasteiger charge is 2.20. The summed E-state index contributed by atoms with van der Waals surface area (Å²) in [6.45, 7) is -0.167. The number of aliphatic hydroxyl groups excluding tert-OH is 1. The molecule has 0 aliphatic heterocycles. The maximum atomic E-state index is 11.7. The van der Waals surface area contributed by atoms with Crippen LogP contribution in [0.5, 0.6) is 0 Å². The van der Waals surface area contributed by atoms with E-state index < -0.39 is 9.84 Å². The third-order valence-corrected chi connectivity index (χ3v) is 3.64. The Morgan fingerprint density at radius 3 is 2.75 bits per heavy atom. The van der Waals surface area contributed by atoms with Crippen molar-refractivity contribution in [2.45, 2.75) is 11.6 Å². The van der Waals surface area contributed by atoms with E-state index in [2.05, 4.69) is 4.98 Å². The van der Waals surface area contributed by atoms with Crippen molar-refractivity contribution in [3.05, 3.63) is 24.3 Å². The zero-order valence-electron chi connectivity index (χ0n) is 8.46. The SMILES string of the molecule is O=S(=O)(CCCO)c1nc2ccccc2o1. The van der Waals surface area contributed by atoms with Gasteiger partial charge in [0.1, 0.15) is 5.52 Å². The predicted molar refractivity (Wildman–Crippen MR) is 57.8 cm³/mol. The fourth-order valence-electron chi connectivity index (χ4n) is 1.33. The van der Waals surface area contributed by atoms with Crippen LogP contribution in [0.3, 0.4) is 0 Å². The van der Waals surface area contributed by atoms with Crippen LogP contribution in [0.15, 0.2) is 33.9 Å². The molecule has 0 unspecified atom stereocenters. The molecule has 1 heterocycles. The van der Waals surface area contributed by atoms with Gasteiger partial charge in [-0.05, 0) is 18.6 Å². The van der Waals surface area contributed by atoms with Gasteiger partial charge in [0.15, 0.2) is 5.58 Å². The van der Waals surface area contributed by atoms with E-state index in [4.69, 9.17) is 9.52 Å². The molecule has 0 saturated carbocycles. The highest BCUT2D eigenvalue weighted by molar-refractivity contribution is 7.91. The van der Waals surface area contributed by atoms with Gasteiger partial charge in [-0.3, -0.25) is 0 Å². The molecule has 0 radical (unpaired) electrons. The zero-order valence-corrected chi connectivity index (χ0v) is 9.27. The van der Waals surface area contributed by atoms with Crippen LogP contribution in [0.4, 0.5) is 0 Å². The van der Waals surface area contributed by atoms with Crippen LogP contribution in [0.1, 0.15) is 6.42 Å². The Hall–Kier alpha value is -1.40. The van der Waals surface area contributed by atoms with Gasteiger partial charge >= 0.3 is 5.22 Å². The molecule has 5 nitrogen and oxygen atoms in total. The quantitative estimate of drug-likeness (QED) is 0.863. The number of aromatic nitrogens is 1. The van der Waals surface area contributed by atoms with Crippen molar-refractivity contribution in [2.75, 3.05) is 12.4 Å². The minimum absolute atomic E-state index is 0.156. The lowest BCUT2D eigenvalue weighted by Crippen LogP contribution is -2.08. The van der Waals surface area contributed by atoms with Gasteiger partial charge in [0, 0.05) is 6.61 Å². The summed E-state index contributed by atoms with van der Waals surface area (Å²) in [7, 11) is -3.52. The molecule has 2 aromatic rings. The molecule has 0 aliphatic carbocycles. The van der Waals surface area contributed by atoms with Gasteiger partial charge in [-0.1, -0.05) is 12.1 Å². The van der Waals surface area contributed by atoms with E-state index >= 15 is 0 Å². The fourth-order valence-corrected chi connectivity index (χ4v) is 2.46. The van der Waals surface area contributed by atoms with Crippen LogP contribution in [0.2, 0.25) is 0 Å². The van der Waals surface area contributed by atoms with Gasteiger partial charge < -0.3 is 9.52 Å². The number of hydrogen-bond donors (Lipinski definition) is 1. The first-order valence-corrected chi connectivity index (χ1v) is 6.48. The van der Waals surface area contributed by atoms with E-state index in [1.165, 1.54) is 0 Å². The molecule has 6 heteroatoms. The Morgan fingerprint density at radius 1 is 1.31 bits per heavy atom. The first kappa shape index (κ1) is 11.1. The van der Waals surface area contributed by atoms with Gasteiger partial charge in [0.05, 0.1) is 5.75 Å². The zero-order chi connectivity index (χ0) is 11.6. The summed E-state index contributed by atoms with van der Waals surface area (Å²) in [5.41, 5.74) is 0.968. The number of nitrogens with zero attached hydrogens (tertiary/aromatic N) is 1. The molecular formula is C10H11NO4S. The van der Waals surface area contributed by atoms with Crippen molar-refractivity contribution in [3.8, 4) is 0 Å². The number of rotatable bonds is 4. The van der Waals surface area contributed by atoms with E-state index in [1.807, 2.05) is 0 Å². The lowest BCUT2D eigenvalue weighted by Gasteiger charge is -1.96. The Kier molecular flexibility index (Phi) is 2.93. The normalized spacial score (nSPS) is 12.1. The van der Waals surface area contributed by atoms with Crippen LogP contribution >= 0.6 is 0 Å². The number of sulfone groups is 1. The van der Waals surface area contributed by atoms with E-state index in [9.17, 15) is 8.42 Å². The molecule has 0 atom stereocenters. The Balaban J connectivity index is 2.40. The summed E-state index contributed by atoms with van der Waals surface area (Å²) in [6.07, 6.45) is 0.182. The van der Waals surface area contributed by atoms with Crippen molar-refractivity contribution >= 4 is 20.9 Å². The first-order chi connectivity index (χ1) is 7.63. The summed E-state index contributed by atoms with van der Waals surface area (Å²) in [4.78, 5) is 3.90. The lowest BCUT2D eigenvalue weighted by atomic mass is 10.3. The number of fused-ring (bicyclic) bond motifs is 1. The van der Waals surface area contributed by atoms with Crippen molar-refractivity contribution in [1.29, 1.82) is 0 Å². The molecule has 0 saturated heterocycles. The first-order valence-electron chi connectivity index (χ1n) is 4.83. The third kappa shape index (κ3) is 2.07. The van der Waals surface area contributed by atoms with E-state index in [1.54, 1.807) is 24.3 Å². The lowest BCUT2D eigenvalue weighted by molar-refractivity contribution is 0.295. The molecule has 0 amide bonds. The van der Waals surface area contributed by atoms with Crippen molar-refractivity contribution in [1.82, 2.24) is 4.98 Å². The second kappa shape index (κ2) is 4.23. The number of benzene rings is 1. The van der Waals surface area contributed by atoms with Crippen LogP contribution in [-0.2, 0) is 9.84 Å². The highest BCUT2D eigenvalue weighted by atomic mass is 32.2.